The highest BCUT2D eigenvalue weighted by molar-refractivity contribution is 5.93. The van der Waals surface area contributed by atoms with Crippen LogP contribution in [-0.2, 0) is 9.53 Å². The molecule has 0 heterocycles. The summed E-state index contributed by atoms with van der Waals surface area (Å²) in [7, 11) is 0. The predicted molar refractivity (Wildman–Crippen MR) is 97.5 cm³/mol. The third-order valence-corrected chi connectivity index (χ3v) is 4.22. The van der Waals surface area contributed by atoms with E-state index >= 15 is 0 Å². The number of allylic oxidation sites excluding steroid dienone is 2. The van der Waals surface area contributed by atoms with Crippen molar-refractivity contribution in [2.24, 2.45) is 0 Å². The van der Waals surface area contributed by atoms with Gasteiger partial charge in [-0.1, -0.05) is 30.3 Å². The van der Waals surface area contributed by atoms with Crippen LogP contribution >= 0.6 is 0 Å². The van der Waals surface area contributed by atoms with Crippen molar-refractivity contribution in [1.82, 2.24) is 0 Å². The zero-order valence-electron chi connectivity index (χ0n) is 14.2. The quantitative estimate of drug-likeness (QED) is 0.828. The van der Waals surface area contributed by atoms with E-state index in [9.17, 15) is 9.59 Å². The molecule has 0 aromatic heterocycles. The van der Waals surface area contributed by atoms with E-state index in [1.807, 2.05) is 30.3 Å². The molecule has 0 radical (unpaired) electrons. The third-order valence-electron chi connectivity index (χ3n) is 4.22. The molecule has 4 heteroatoms. The van der Waals surface area contributed by atoms with Crippen molar-refractivity contribution in [3.05, 3.63) is 77.5 Å². The van der Waals surface area contributed by atoms with Gasteiger partial charge < -0.3 is 10.1 Å². The Kier molecular flexibility index (Phi) is 5.29. The minimum Gasteiger partial charge on any atom is -0.462 e. The van der Waals surface area contributed by atoms with E-state index in [0.717, 1.165) is 17.8 Å². The summed E-state index contributed by atoms with van der Waals surface area (Å²) in [4.78, 5) is 23.8. The van der Waals surface area contributed by atoms with Crippen LogP contribution in [0.15, 0.2) is 66.4 Å². The number of hydrogen-bond acceptors (Lipinski definition) is 4. The highest BCUT2D eigenvalue weighted by Crippen LogP contribution is 2.31. The average molecular weight is 335 g/mol. The first-order chi connectivity index (χ1) is 12.2. The highest BCUT2D eigenvalue weighted by Gasteiger charge is 2.22. The van der Waals surface area contributed by atoms with Crippen LogP contribution in [0.5, 0.6) is 0 Å². The van der Waals surface area contributed by atoms with Crippen molar-refractivity contribution in [2.45, 2.75) is 25.7 Å². The van der Waals surface area contributed by atoms with Gasteiger partial charge in [-0.05, 0) is 49.1 Å². The molecule has 0 spiro atoms. The van der Waals surface area contributed by atoms with Crippen LogP contribution in [0.25, 0.3) is 0 Å². The second-order valence-corrected chi connectivity index (χ2v) is 6.07. The Morgan fingerprint density at radius 3 is 2.48 bits per heavy atom. The van der Waals surface area contributed by atoms with Crippen LogP contribution in [0.2, 0.25) is 0 Å². The lowest BCUT2D eigenvalue weighted by atomic mass is 9.85. The largest absolute Gasteiger partial charge is 0.462 e. The fraction of sp³-hybridized carbons (Fsp3) is 0.238. The molecule has 25 heavy (non-hydrogen) atoms. The second kappa shape index (κ2) is 7.79. The smallest absolute Gasteiger partial charge is 0.338 e. The summed E-state index contributed by atoms with van der Waals surface area (Å²) in [5, 5.41) is 3.30. The van der Waals surface area contributed by atoms with Gasteiger partial charge in [0.1, 0.15) is 0 Å². The van der Waals surface area contributed by atoms with E-state index in [0.29, 0.717) is 18.6 Å². The van der Waals surface area contributed by atoms with Gasteiger partial charge in [-0.2, -0.15) is 0 Å². The zero-order chi connectivity index (χ0) is 17.6. The lowest BCUT2D eigenvalue weighted by Crippen LogP contribution is -2.16. The second-order valence-electron chi connectivity index (χ2n) is 6.07. The van der Waals surface area contributed by atoms with Gasteiger partial charge in [-0.25, -0.2) is 4.79 Å². The molecule has 1 N–H and O–H groups in total. The first kappa shape index (κ1) is 17.0. The summed E-state index contributed by atoms with van der Waals surface area (Å²) >= 11 is 0. The van der Waals surface area contributed by atoms with E-state index in [-0.39, 0.29) is 17.7 Å². The standard InChI is InChI=1S/C21H21NO3/c1-2-25-21(24)16-8-10-18(11-9-16)22-19-12-17(13-20(23)14-19)15-6-4-3-5-7-15/h3-11,14,17,22H,2,12-13H2,1H3/t17-/m0/s1. The number of carbonyl (C=O) groups excluding carboxylic acids is 2. The fourth-order valence-electron chi connectivity index (χ4n) is 3.03. The van der Waals surface area contributed by atoms with E-state index in [1.165, 1.54) is 5.56 Å². The minimum atomic E-state index is -0.328. The van der Waals surface area contributed by atoms with Crippen molar-refractivity contribution in [2.75, 3.05) is 11.9 Å². The van der Waals surface area contributed by atoms with E-state index < -0.39 is 0 Å². The third kappa shape index (κ3) is 4.35. The van der Waals surface area contributed by atoms with Gasteiger partial charge >= 0.3 is 5.97 Å². The number of esters is 1. The molecular weight excluding hydrogens is 314 g/mol. The van der Waals surface area contributed by atoms with Crippen molar-refractivity contribution in [3.8, 4) is 0 Å². The Morgan fingerprint density at radius 1 is 1.08 bits per heavy atom. The molecule has 128 valence electrons. The fourth-order valence-corrected chi connectivity index (χ4v) is 3.03. The zero-order valence-corrected chi connectivity index (χ0v) is 14.2. The Balaban J connectivity index is 1.69. The van der Waals surface area contributed by atoms with Crippen molar-refractivity contribution in [3.63, 3.8) is 0 Å². The van der Waals surface area contributed by atoms with Crippen LogP contribution in [0.4, 0.5) is 5.69 Å². The molecule has 0 aliphatic heterocycles. The lowest BCUT2D eigenvalue weighted by molar-refractivity contribution is -0.115. The van der Waals surface area contributed by atoms with Gasteiger partial charge in [0, 0.05) is 23.9 Å². The monoisotopic (exact) mass is 335 g/mol. The van der Waals surface area contributed by atoms with Gasteiger partial charge in [-0.15, -0.1) is 0 Å². The van der Waals surface area contributed by atoms with Crippen molar-refractivity contribution in [1.29, 1.82) is 0 Å². The van der Waals surface area contributed by atoms with Crippen LogP contribution in [0.3, 0.4) is 0 Å². The number of ether oxygens (including phenoxy) is 1. The lowest BCUT2D eigenvalue weighted by Gasteiger charge is -2.23. The van der Waals surface area contributed by atoms with Crippen LogP contribution in [0, 0.1) is 0 Å². The molecule has 2 aromatic carbocycles. The minimum absolute atomic E-state index is 0.130. The summed E-state index contributed by atoms with van der Waals surface area (Å²) in [5.74, 6) is -0.00370. The number of anilines is 1. The molecule has 0 saturated heterocycles. The molecule has 2 aromatic rings. The van der Waals surface area contributed by atoms with Crippen molar-refractivity contribution >= 4 is 17.4 Å². The molecule has 0 amide bonds. The number of nitrogens with one attached hydrogen (secondary N) is 1. The molecule has 4 nitrogen and oxygen atoms in total. The van der Waals surface area contributed by atoms with Gasteiger partial charge in [0.15, 0.2) is 5.78 Å². The Morgan fingerprint density at radius 2 is 1.80 bits per heavy atom. The average Bonchev–Trinajstić information content (AvgIpc) is 2.63. The molecule has 1 aliphatic carbocycles. The van der Waals surface area contributed by atoms with Crippen LogP contribution < -0.4 is 5.32 Å². The van der Waals surface area contributed by atoms with Gasteiger partial charge in [0.25, 0.3) is 0 Å². The molecule has 0 bridgehead atoms. The number of benzene rings is 2. The maximum Gasteiger partial charge on any atom is 0.338 e. The van der Waals surface area contributed by atoms with E-state index in [2.05, 4.69) is 17.4 Å². The Bertz CT molecular complexity index is 779. The summed E-state index contributed by atoms with van der Waals surface area (Å²) < 4.78 is 4.98. The molecule has 1 atom stereocenters. The van der Waals surface area contributed by atoms with Gasteiger partial charge in [0.05, 0.1) is 12.2 Å². The first-order valence-electron chi connectivity index (χ1n) is 8.48. The summed E-state index contributed by atoms with van der Waals surface area (Å²) in [6.45, 7) is 2.14. The summed E-state index contributed by atoms with van der Waals surface area (Å²) in [6, 6.07) is 17.2. The maximum absolute atomic E-state index is 12.1. The summed E-state index contributed by atoms with van der Waals surface area (Å²) in [6.07, 6.45) is 3.01. The number of carbonyl (C=O) groups is 2. The van der Waals surface area contributed by atoms with E-state index in [4.69, 9.17) is 4.74 Å². The summed E-state index contributed by atoms with van der Waals surface area (Å²) in [5.41, 5.74) is 3.44. The van der Waals surface area contributed by atoms with E-state index in [1.54, 1.807) is 25.1 Å². The number of hydrogen-bond donors (Lipinski definition) is 1. The number of rotatable bonds is 5. The predicted octanol–water partition coefficient (Wildman–Crippen LogP) is 4.31. The number of ketones is 1. The topological polar surface area (TPSA) is 55.4 Å². The molecule has 1 aliphatic rings. The molecule has 0 saturated carbocycles. The van der Waals surface area contributed by atoms with Gasteiger partial charge in [-0.3, -0.25) is 4.79 Å². The normalized spacial score (nSPS) is 16.9. The Labute approximate surface area is 147 Å². The molecule has 3 rings (SSSR count). The molecular formula is C21H21NO3. The molecule has 0 unspecified atom stereocenters. The maximum atomic E-state index is 12.1. The first-order valence-corrected chi connectivity index (χ1v) is 8.48. The Hall–Kier alpha value is -2.88. The van der Waals surface area contributed by atoms with Crippen LogP contribution in [-0.4, -0.2) is 18.4 Å². The van der Waals surface area contributed by atoms with Crippen LogP contribution in [0.1, 0.15) is 41.6 Å². The molecule has 0 fully saturated rings. The van der Waals surface area contributed by atoms with Crippen molar-refractivity contribution < 1.29 is 14.3 Å². The van der Waals surface area contributed by atoms with Gasteiger partial charge in [0.2, 0.25) is 0 Å². The highest BCUT2D eigenvalue weighted by atomic mass is 16.5. The SMILES string of the molecule is CCOC(=O)c1ccc(NC2=CC(=O)C[C@@H](c3ccccc3)C2)cc1.